The van der Waals surface area contributed by atoms with E-state index in [1.165, 1.54) is 4.90 Å². The molecular formula is C22H20ClN3O5. The van der Waals surface area contributed by atoms with Gasteiger partial charge in [-0.25, -0.2) is 9.59 Å². The predicted molar refractivity (Wildman–Crippen MR) is 112 cm³/mol. The topological polar surface area (TPSA) is 97.0 Å². The first kappa shape index (κ1) is 20.7. The summed E-state index contributed by atoms with van der Waals surface area (Å²) >= 11 is 5.94. The number of rotatable bonds is 6. The fourth-order valence-corrected chi connectivity index (χ4v) is 3.69. The highest BCUT2D eigenvalue weighted by molar-refractivity contribution is 6.30. The first-order valence-corrected chi connectivity index (χ1v) is 9.97. The molecule has 9 heteroatoms. The molecule has 31 heavy (non-hydrogen) atoms. The van der Waals surface area contributed by atoms with Crippen molar-refractivity contribution in [1.29, 1.82) is 0 Å². The summed E-state index contributed by atoms with van der Waals surface area (Å²) in [6.07, 6.45) is 0. The maximum atomic E-state index is 12.8. The summed E-state index contributed by atoms with van der Waals surface area (Å²) in [5.41, 5.74) is 2.27. The zero-order valence-electron chi connectivity index (χ0n) is 16.7. The SMILES string of the molecule is COc1cccc(CNC(=O)CN2C(=O)N[C@H](c3ccc(Cl)cc3)C3=C2COC3=O)c1. The Kier molecular flexibility index (Phi) is 5.81. The maximum absolute atomic E-state index is 12.8. The molecule has 0 spiro atoms. The minimum Gasteiger partial charge on any atom is -0.497 e. The Labute approximate surface area is 183 Å². The monoisotopic (exact) mass is 441 g/mol. The predicted octanol–water partition coefficient (Wildman–Crippen LogP) is 2.54. The Morgan fingerprint density at radius 1 is 1.26 bits per heavy atom. The van der Waals surface area contributed by atoms with E-state index in [-0.39, 0.29) is 25.6 Å². The van der Waals surface area contributed by atoms with Crippen molar-refractivity contribution in [1.82, 2.24) is 15.5 Å². The number of urea groups is 1. The summed E-state index contributed by atoms with van der Waals surface area (Å²) in [5.74, 6) is -0.197. The summed E-state index contributed by atoms with van der Waals surface area (Å²) in [7, 11) is 1.57. The van der Waals surface area contributed by atoms with Crippen LogP contribution in [0.2, 0.25) is 5.02 Å². The van der Waals surface area contributed by atoms with Gasteiger partial charge in [0, 0.05) is 11.6 Å². The molecule has 4 rings (SSSR count). The number of halogens is 1. The largest absolute Gasteiger partial charge is 0.497 e. The van der Waals surface area contributed by atoms with E-state index in [9.17, 15) is 14.4 Å². The van der Waals surface area contributed by atoms with E-state index in [1.807, 2.05) is 24.3 Å². The highest BCUT2D eigenvalue weighted by Gasteiger charge is 2.42. The van der Waals surface area contributed by atoms with Crippen molar-refractivity contribution in [3.63, 3.8) is 0 Å². The van der Waals surface area contributed by atoms with Gasteiger partial charge < -0.3 is 20.1 Å². The second kappa shape index (κ2) is 8.69. The molecule has 3 amide bonds. The lowest BCUT2D eigenvalue weighted by Crippen LogP contribution is -2.50. The van der Waals surface area contributed by atoms with Gasteiger partial charge in [-0.2, -0.15) is 0 Å². The number of nitrogens with one attached hydrogen (secondary N) is 2. The van der Waals surface area contributed by atoms with E-state index in [2.05, 4.69) is 10.6 Å². The van der Waals surface area contributed by atoms with E-state index < -0.39 is 18.0 Å². The van der Waals surface area contributed by atoms with Crippen molar-refractivity contribution >= 4 is 29.5 Å². The molecule has 0 saturated carbocycles. The summed E-state index contributed by atoms with van der Waals surface area (Å²) in [6, 6.07) is 13.0. The number of methoxy groups -OCH3 is 1. The summed E-state index contributed by atoms with van der Waals surface area (Å²) < 4.78 is 10.3. The zero-order chi connectivity index (χ0) is 22.0. The van der Waals surface area contributed by atoms with Crippen LogP contribution in [0.1, 0.15) is 17.2 Å². The van der Waals surface area contributed by atoms with Crippen LogP contribution in [0.5, 0.6) is 5.75 Å². The van der Waals surface area contributed by atoms with Crippen molar-refractivity contribution in [2.75, 3.05) is 20.3 Å². The summed E-state index contributed by atoms with van der Waals surface area (Å²) in [5, 5.41) is 6.11. The maximum Gasteiger partial charge on any atom is 0.338 e. The van der Waals surface area contributed by atoms with Crippen LogP contribution in [0.3, 0.4) is 0 Å². The quantitative estimate of drug-likeness (QED) is 0.671. The zero-order valence-corrected chi connectivity index (χ0v) is 17.4. The average Bonchev–Trinajstić information content (AvgIpc) is 3.16. The number of benzene rings is 2. The van der Waals surface area contributed by atoms with Crippen LogP contribution in [-0.4, -0.2) is 43.1 Å². The van der Waals surface area contributed by atoms with Crippen molar-refractivity contribution in [3.8, 4) is 5.75 Å². The first-order chi connectivity index (χ1) is 15.0. The Hall–Kier alpha value is -3.52. The molecule has 0 fully saturated rings. The molecule has 2 aliphatic heterocycles. The van der Waals surface area contributed by atoms with Crippen molar-refractivity contribution in [2.45, 2.75) is 12.6 Å². The Morgan fingerprint density at radius 3 is 2.77 bits per heavy atom. The number of cyclic esters (lactones) is 1. The van der Waals surface area contributed by atoms with Gasteiger partial charge in [-0.1, -0.05) is 35.9 Å². The molecule has 0 aromatic heterocycles. The molecule has 0 bridgehead atoms. The Balaban J connectivity index is 1.50. The lowest BCUT2D eigenvalue weighted by molar-refractivity contribution is -0.136. The van der Waals surface area contributed by atoms with Crippen LogP contribution in [0, 0.1) is 0 Å². The molecule has 0 radical (unpaired) electrons. The fourth-order valence-electron chi connectivity index (χ4n) is 3.57. The van der Waals surface area contributed by atoms with E-state index >= 15 is 0 Å². The highest BCUT2D eigenvalue weighted by Crippen LogP contribution is 2.35. The normalized spacial score (nSPS) is 17.7. The second-order valence-corrected chi connectivity index (χ2v) is 7.52. The third kappa shape index (κ3) is 4.34. The van der Waals surface area contributed by atoms with Gasteiger partial charge in [-0.3, -0.25) is 9.69 Å². The molecule has 8 nitrogen and oxygen atoms in total. The molecule has 0 aliphatic carbocycles. The molecule has 0 unspecified atom stereocenters. The van der Waals surface area contributed by atoms with E-state index in [0.717, 1.165) is 5.56 Å². The van der Waals surface area contributed by atoms with Gasteiger partial charge in [0.15, 0.2) is 0 Å². The molecule has 160 valence electrons. The Morgan fingerprint density at radius 2 is 2.03 bits per heavy atom. The smallest absolute Gasteiger partial charge is 0.338 e. The minimum absolute atomic E-state index is 0.0607. The van der Waals surface area contributed by atoms with Gasteiger partial charge in [-0.15, -0.1) is 0 Å². The minimum atomic E-state index is -0.661. The number of nitrogens with zero attached hydrogens (tertiary/aromatic N) is 1. The van der Waals surface area contributed by atoms with Gasteiger partial charge in [0.05, 0.1) is 24.4 Å². The number of carbonyl (C=O) groups excluding carboxylic acids is 3. The van der Waals surface area contributed by atoms with E-state index in [4.69, 9.17) is 21.1 Å². The molecule has 0 saturated heterocycles. The molecule has 2 N–H and O–H groups in total. The van der Waals surface area contributed by atoms with Gasteiger partial charge in [0.2, 0.25) is 5.91 Å². The lowest BCUT2D eigenvalue weighted by atomic mass is 9.96. The Bertz CT molecular complexity index is 1070. The number of hydrogen-bond acceptors (Lipinski definition) is 5. The van der Waals surface area contributed by atoms with Gasteiger partial charge >= 0.3 is 12.0 Å². The third-order valence-electron chi connectivity index (χ3n) is 5.13. The summed E-state index contributed by atoms with van der Waals surface area (Å²) in [4.78, 5) is 38.9. The molecular weight excluding hydrogens is 422 g/mol. The van der Waals surface area contributed by atoms with Crippen molar-refractivity contribution in [3.05, 3.63) is 76.0 Å². The first-order valence-electron chi connectivity index (χ1n) is 9.59. The van der Waals surface area contributed by atoms with Gasteiger partial charge in [0.1, 0.15) is 18.9 Å². The van der Waals surface area contributed by atoms with E-state index in [0.29, 0.717) is 27.6 Å². The average molecular weight is 442 g/mol. The number of ether oxygens (including phenoxy) is 2. The van der Waals surface area contributed by atoms with Crippen molar-refractivity contribution in [2.24, 2.45) is 0 Å². The second-order valence-electron chi connectivity index (χ2n) is 7.08. The lowest BCUT2D eigenvalue weighted by Gasteiger charge is -2.32. The standard InChI is InChI=1S/C22H20ClN3O5/c1-30-16-4-2-3-13(9-16)10-24-18(27)11-26-17-12-31-21(28)19(17)20(25-22(26)29)14-5-7-15(23)8-6-14/h2-9,20H,10-12H2,1H3,(H,24,27)(H,25,29)/t20-/m1/s1. The fraction of sp³-hybridized carbons (Fsp3) is 0.227. The molecule has 1 atom stereocenters. The highest BCUT2D eigenvalue weighted by atomic mass is 35.5. The summed E-state index contributed by atoms with van der Waals surface area (Å²) in [6.45, 7) is -0.0202. The number of hydrogen-bond donors (Lipinski definition) is 2. The van der Waals surface area contributed by atoms with Crippen LogP contribution in [0.15, 0.2) is 59.8 Å². The third-order valence-corrected chi connectivity index (χ3v) is 5.38. The molecule has 2 aromatic carbocycles. The van der Waals surface area contributed by atoms with Crippen LogP contribution in [0.25, 0.3) is 0 Å². The number of esters is 1. The van der Waals surface area contributed by atoms with Crippen LogP contribution in [-0.2, 0) is 20.9 Å². The molecule has 2 aromatic rings. The van der Waals surface area contributed by atoms with E-state index in [1.54, 1.807) is 31.4 Å². The van der Waals surface area contributed by atoms with Crippen LogP contribution in [0.4, 0.5) is 4.79 Å². The van der Waals surface area contributed by atoms with Gasteiger partial charge in [-0.05, 0) is 35.4 Å². The van der Waals surface area contributed by atoms with Crippen LogP contribution >= 0.6 is 11.6 Å². The van der Waals surface area contributed by atoms with Crippen molar-refractivity contribution < 1.29 is 23.9 Å². The number of carbonyl (C=O) groups is 3. The number of amides is 3. The molecule has 2 aliphatic rings. The molecule has 2 heterocycles. The van der Waals surface area contributed by atoms with Crippen LogP contribution < -0.4 is 15.4 Å². The van der Waals surface area contributed by atoms with Gasteiger partial charge in [0.25, 0.3) is 0 Å².